The van der Waals surface area contributed by atoms with Gasteiger partial charge in [0.2, 0.25) is 10.0 Å². The zero-order valence-electron chi connectivity index (χ0n) is 10.9. The average Bonchev–Trinajstić information content (AvgIpc) is 2.77. The molecule has 8 heteroatoms. The van der Waals surface area contributed by atoms with Gasteiger partial charge in [0.1, 0.15) is 11.5 Å². The Kier molecular flexibility index (Phi) is 4.88. The molecule has 2 unspecified atom stereocenters. The Morgan fingerprint density at radius 1 is 1.29 bits per heavy atom. The van der Waals surface area contributed by atoms with Gasteiger partial charge in [-0.2, -0.15) is 4.31 Å². The Labute approximate surface area is 127 Å². The van der Waals surface area contributed by atoms with Crippen LogP contribution in [0.15, 0.2) is 23.1 Å². The number of sulfonamides is 1. The van der Waals surface area contributed by atoms with E-state index in [-0.39, 0.29) is 29.6 Å². The Morgan fingerprint density at radius 2 is 1.90 bits per heavy atom. The van der Waals surface area contributed by atoms with Crippen LogP contribution in [0.5, 0.6) is 0 Å². The highest BCUT2D eigenvalue weighted by molar-refractivity contribution is 7.89. The summed E-state index contributed by atoms with van der Waals surface area (Å²) in [6.45, 7) is -0.654. The van der Waals surface area contributed by atoms with Crippen LogP contribution in [-0.4, -0.2) is 59.9 Å². The molecule has 1 aromatic rings. The molecule has 0 saturated carbocycles. The van der Waals surface area contributed by atoms with E-state index in [1.165, 1.54) is 18.2 Å². The molecule has 0 amide bonds. The zero-order valence-corrected chi connectivity index (χ0v) is 12.5. The molecule has 0 bridgehead atoms. The smallest absolute Gasteiger partial charge is 0.244 e. The molecule has 114 valence electrons. The van der Waals surface area contributed by atoms with Gasteiger partial charge in [0, 0.05) is 18.7 Å². The highest BCUT2D eigenvalue weighted by atomic mass is 35.5. The first-order valence-corrected chi connectivity index (χ1v) is 7.93. The van der Waals surface area contributed by atoms with Gasteiger partial charge in [-0.05, 0) is 18.2 Å². The molecule has 21 heavy (non-hydrogen) atoms. The van der Waals surface area contributed by atoms with E-state index in [2.05, 4.69) is 11.8 Å². The van der Waals surface area contributed by atoms with Crippen molar-refractivity contribution in [3.8, 4) is 11.8 Å². The SMILES string of the molecule is O=S(=O)(c1ccc(C#CCO)cc1Cl)N1CC(O)C(O)C1. The largest absolute Gasteiger partial charge is 0.389 e. The molecular formula is C13H14ClNO5S. The monoisotopic (exact) mass is 331 g/mol. The maximum atomic E-state index is 12.4. The van der Waals surface area contributed by atoms with E-state index in [0.29, 0.717) is 5.56 Å². The fraction of sp³-hybridized carbons (Fsp3) is 0.385. The minimum absolute atomic E-state index is 0.00406. The summed E-state index contributed by atoms with van der Waals surface area (Å²) in [4.78, 5) is -0.111. The van der Waals surface area contributed by atoms with Crippen LogP contribution in [0.2, 0.25) is 5.02 Å². The van der Waals surface area contributed by atoms with Gasteiger partial charge in [0.15, 0.2) is 0 Å². The molecule has 0 aliphatic carbocycles. The summed E-state index contributed by atoms with van der Waals surface area (Å²) in [5, 5.41) is 27.5. The number of nitrogens with zero attached hydrogens (tertiary/aromatic N) is 1. The van der Waals surface area contributed by atoms with Crippen molar-refractivity contribution < 1.29 is 23.7 Å². The molecule has 0 radical (unpaired) electrons. The van der Waals surface area contributed by atoms with E-state index in [1.807, 2.05) is 0 Å². The molecule has 1 fully saturated rings. The summed E-state index contributed by atoms with van der Waals surface area (Å²) in [6.07, 6.45) is -2.21. The molecule has 1 heterocycles. The number of aliphatic hydroxyl groups is 3. The van der Waals surface area contributed by atoms with Crippen LogP contribution >= 0.6 is 11.6 Å². The molecule has 0 spiro atoms. The lowest BCUT2D eigenvalue weighted by molar-refractivity contribution is 0.0572. The highest BCUT2D eigenvalue weighted by Gasteiger charge is 2.38. The summed E-state index contributed by atoms with van der Waals surface area (Å²) in [6, 6.07) is 4.18. The molecule has 2 atom stereocenters. The summed E-state index contributed by atoms with van der Waals surface area (Å²) in [5.41, 5.74) is 0.481. The van der Waals surface area contributed by atoms with E-state index in [0.717, 1.165) is 4.31 Å². The van der Waals surface area contributed by atoms with Crippen molar-refractivity contribution in [2.45, 2.75) is 17.1 Å². The normalized spacial score (nSPS) is 22.9. The van der Waals surface area contributed by atoms with Gasteiger partial charge in [-0.1, -0.05) is 23.4 Å². The van der Waals surface area contributed by atoms with Crippen molar-refractivity contribution in [2.24, 2.45) is 0 Å². The Hall–Kier alpha value is -1.14. The van der Waals surface area contributed by atoms with Gasteiger partial charge >= 0.3 is 0 Å². The second kappa shape index (κ2) is 6.32. The second-order valence-electron chi connectivity index (χ2n) is 4.56. The number of rotatable bonds is 2. The number of hydrogen-bond donors (Lipinski definition) is 3. The third-order valence-electron chi connectivity index (χ3n) is 3.09. The molecule has 1 aromatic carbocycles. The molecule has 2 rings (SSSR count). The maximum Gasteiger partial charge on any atom is 0.244 e. The van der Waals surface area contributed by atoms with Crippen LogP contribution in [0.4, 0.5) is 0 Å². The number of aliphatic hydroxyl groups excluding tert-OH is 3. The fourth-order valence-corrected chi connectivity index (χ4v) is 3.99. The molecule has 6 nitrogen and oxygen atoms in total. The maximum absolute atomic E-state index is 12.4. The van der Waals surface area contributed by atoms with E-state index in [4.69, 9.17) is 16.7 Å². The van der Waals surface area contributed by atoms with Crippen LogP contribution < -0.4 is 0 Å². The predicted octanol–water partition coefficient (Wildman–Crippen LogP) is -0.590. The van der Waals surface area contributed by atoms with Crippen LogP contribution in [0.25, 0.3) is 0 Å². The first kappa shape index (κ1) is 16.2. The zero-order chi connectivity index (χ0) is 15.6. The van der Waals surface area contributed by atoms with E-state index in [9.17, 15) is 18.6 Å². The van der Waals surface area contributed by atoms with E-state index < -0.39 is 22.2 Å². The highest BCUT2D eigenvalue weighted by Crippen LogP contribution is 2.28. The van der Waals surface area contributed by atoms with Crippen LogP contribution in [-0.2, 0) is 10.0 Å². The lowest BCUT2D eigenvalue weighted by Crippen LogP contribution is -2.30. The van der Waals surface area contributed by atoms with Gasteiger partial charge in [0.25, 0.3) is 0 Å². The summed E-state index contributed by atoms with van der Waals surface area (Å²) in [7, 11) is -3.89. The Bertz CT molecular complexity index is 684. The number of halogens is 1. The second-order valence-corrected chi connectivity index (χ2v) is 6.88. The van der Waals surface area contributed by atoms with E-state index in [1.54, 1.807) is 0 Å². The molecule has 1 aliphatic heterocycles. The fourth-order valence-electron chi connectivity index (χ4n) is 2.00. The first-order chi connectivity index (χ1) is 9.86. The van der Waals surface area contributed by atoms with Gasteiger partial charge < -0.3 is 15.3 Å². The third-order valence-corrected chi connectivity index (χ3v) is 5.40. The summed E-state index contributed by atoms with van der Waals surface area (Å²) < 4.78 is 25.8. The standard InChI is InChI=1S/C13H14ClNO5S/c14-10-6-9(2-1-5-16)3-4-13(10)21(19,20)15-7-11(17)12(18)8-15/h3-4,6,11-12,16-18H,5,7-8H2. The van der Waals surface area contributed by atoms with Crippen molar-refractivity contribution in [3.63, 3.8) is 0 Å². The van der Waals surface area contributed by atoms with Gasteiger partial charge in [-0.25, -0.2) is 8.42 Å². The average molecular weight is 332 g/mol. The summed E-state index contributed by atoms with van der Waals surface area (Å²) in [5.74, 6) is 5.06. The Balaban J connectivity index is 2.33. The number of β-amino-alcohol motifs (C(OH)–C–C–N with tert-alkyl or cyclic N) is 2. The minimum atomic E-state index is -3.89. The van der Waals surface area contributed by atoms with Gasteiger partial charge in [0.05, 0.1) is 17.2 Å². The Morgan fingerprint density at radius 3 is 2.43 bits per heavy atom. The molecule has 0 aromatic heterocycles. The van der Waals surface area contributed by atoms with Gasteiger partial charge in [-0.15, -0.1) is 0 Å². The van der Waals surface area contributed by atoms with Crippen molar-refractivity contribution in [2.75, 3.05) is 19.7 Å². The predicted molar refractivity (Wildman–Crippen MR) is 76.2 cm³/mol. The van der Waals surface area contributed by atoms with E-state index >= 15 is 0 Å². The van der Waals surface area contributed by atoms with Crippen LogP contribution in [0, 0.1) is 11.8 Å². The quantitative estimate of drug-likeness (QED) is 0.629. The lowest BCUT2D eigenvalue weighted by atomic mass is 10.2. The lowest BCUT2D eigenvalue weighted by Gasteiger charge is -2.16. The van der Waals surface area contributed by atoms with Gasteiger partial charge in [-0.3, -0.25) is 0 Å². The van der Waals surface area contributed by atoms with Crippen molar-refractivity contribution >= 4 is 21.6 Å². The summed E-state index contributed by atoms with van der Waals surface area (Å²) >= 11 is 5.98. The topological polar surface area (TPSA) is 98.1 Å². The third kappa shape index (κ3) is 3.37. The first-order valence-electron chi connectivity index (χ1n) is 6.12. The number of hydrogen-bond acceptors (Lipinski definition) is 5. The number of benzene rings is 1. The molecule has 1 saturated heterocycles. The van der Waals surface area contributed by atoms with Crippen LogP contribution in [0.1, 0.15) is 5.56 Å². The van der Waals surface area contributed by atoms with Crippen molar-refractivity contribution in [1.82, 2.24) is 4.31 Å². The van der Waals surface area contributed by atoms with Crippen molar-refractivity contribution in [1.29, 1.82) is 0 Å². The molecule has 1 aliphatic rings. The van der Waals surface area contributed by atoms with Crippen LogP contribution in [0.3, 0.4) is 0 Å². The molecular weight excluding hydrogens is 318 g/mol. The van der Waals surface area contributed by atoms with Crippen molar-refractivity contribution in [3.05, 3.63) is 28.8 Å². The minimum Gasteiger partial charge on any atom is -0.389 e. The molecule has 3 N–H and O–H groups in total.